The van der Waals surface area contributed by atoms with Crippen molar-refractivity contribution < 1.29 is 4.39 Å². The molecule has 0 saturated carbocycles. The predicted molar refractivity (Wildman–Crippen MR) is 75.6 cm³/mol. The molecule has 0 saturated heterocycles. The van der Waals surface area contributed by atoms with E-state index >= 15 is 0 Å². The Bertz CT molecular complexity index is 377. The van der Waals surface area contributed by atoms with Crippen LogP contribution in [0.4, 0.5) is 10.1 Å². The van der Waals surface area contributed by atoms with Gasteiger partial charge >= 0.3 is 0 Å². The summed E-state index contributed by atoms with van der Waals surface area (Å²) in [6, 6.07) is 5.24. The zero-order valence-electron chi connectivity index (χ0n) is 11.8. The van der Waals surface area contributed by atoms with Gasteiger partial charge in [0.25, 0.3) is 0 Å². The van der Waals surface area contributed by atoms with Gasteiger partial charge in [0.1, 0.15) is 5.82 Å². The Balaban J connectivity index is 2.90. The molecule has 3 nitrogen and oxygen atoms in total. The first kappa shape index (κ1) is 14.9. The van der Waals surface area contributed by atoms with Crippen LogP contribution in [0.25, 0.3) is 0 Å². The van der Waals surface area contributed by atoms with E-state index in [0.29, 0.717) is 12.1 Å². The number of hydrogen-bond donors (Lipinski definition) is 1. The molecule has 1 atom stereocenters. The topological polar surface area (TPSA) is 32.5 Å². The van der Waals surface area contributed by atoms with Gasteiger partial charge in [-0.2, -0.15) is 0 Å². The number of benzene rings is 1. The van der Waals surface area contributed by atoms with E-state index in [1.165, 1.54) is 6.07 Å². The van der Waals surface area contributed by atoms with E-state index in [2.05, 4.69) is 4.90 Å². The van der Waals surface area contributed by atoms with Crippen molar-refractivity contribution >= 4 is 5.69 Å². The molecule has 1 aromatic carbocycles. The highest BCUT2D eigenvalue weighted by molar-refractivity contribution is 5.54. The number of halogens is 1. The van der Waals surface area contributed by atoms with Crippen LogP contribution in [0.3, 0.4) is 0 Å². The lowest BCUT2D eigenvalue weighted by atomic mass is 10.0. The maximum atomic E-state index is 14.0. The first-order valence-electron chi connectivity index (χ1n) is 6.30. The van der Waals surface area contributed by atoms with E-state index < -0.39 is 0 Å². The molecule has 0 aliphatic rings. The number of rotatable bonds is 6. The minimum absolute atomic E-state index is 0.0350. The fraction of sp³-hybridized carbons (Fsp3) is 0.571. The highest BCUT2D eigenvalue weighted by Crippen LogP contribution is 2.24. The molecular weight excluding hydrogens is 229 g/mol. The molecule has 2 N–H and O–H groups in total. The van der Waals surface area contributed by atoms with Crippen molar-refractivity contribution in [2.75, 3.05) is 39.1 Å². The van der Waals surface area contributed by atoms with Crippen LogP contribution in [0.1, 0.15) is 12.5 Å². The summed E-state index contributed by atoms with van der Waals surface area (Å²) in [5.41, 5.74) is 7.47. The summed E-state index contributed by atoms with van der Waals surface area (Å²) >= 11 is 0. The van der Waals surface area contributed by atoms with Gasteiger partial charge in [0.05, 0.1) is 5.69 Å². The maximum absolute atomic E-state index is 14.0. The molecule has 0 aliphatic heterocycles. The Morgan fingerprint density at radius 2 is 1.89 bits per heavy atom. The number of nitrogens with zero attached hydrogens (tertiary/aromatic N) is 2. The van der Waals surface area contributed by atoms with Crippen LogP contribution < -0.4 is 10.6 Å². The Labute approximate surface area is 109 Å². The highest BCUT2D eigenvalue weighted by Gasteiger charge is 2.13. The van der Waals surface area contributed by atoms with Crippen molar-refractivity contribution in [1.29, 1.82) is 0 Å². The Kier molecular flexibility index (Phi) is 5.56. The maximum Gasteiger partial charge on any atom is 0.146 e. The van der Waals surface area contributed by atoms with Crippen molar-refractivity contribution in [1.82, 2.24) is 4.90 Å². The van der Waals surface area contributed by atoms with E-state index in [4.69, 9.17) is 5.73 Å². The van der Waals surface area contributed by atoms with Crippen LogP contribution in [0.15, 0.2) is 18.2 Å². The van der Waals surface area contributed by atoms with Gasteiger partial charge in [-0.05, 0) is 39.1 Å². The summed E-state index contributed by atoms with van der Waals surface area (Å²) in [6.45, 7) is 3.62. The standard InChI is InChI=1S/C14H24FN3/c1-11(16)10-12-6-5-7-13(15)14(12)18(4)9-8-17(2)3/h5-7,11H,8-10,16H2,1-4H3. The van der Waals surface area contributed by atoms with Crippen LogP contribution in [-0.2, 0) is 6.42 Å². The van der Waals surface area contributed by atoms with Gasteiger partial charge in [0, 0.05) is 26.2 Å². The predicted octanol–water partition coefficient (Wildman–Crippen LogP) is 1.71. The summed E-state index contributed by atoms with van der Waals surface area (Å²) in [5, 5.41) is 0. The van der Waals surface area contributed by atoms with Crippen LogP contribution in [0, 0.1) is 5.82 Å². The lowest BCUT2D eigenvalue weighted by Gasteiger charge is -2.25. The lowest BCUT2D eigenvalue weighted by Crippen LogP contribution is -2.30. The van der Waals surface area contributed by atoms with Gasteiger partial charge in [0.2, 0.25) is 0 Å². The van der Waals surface area contributed by atoms with Crippen molar-refractivity contribution in [3.63, 3.8) is 0 Å². The third-order valence-corrected chi connectivity index (χ3v) is 2.88. The molecule has 1 unspecified atom stereocenters. The normalized spacial score (nSPS) is 12.8. The number of hydrogen-bond acceptors (Lipinski definition) is 3. The van der Waals surface area contributed by atoms with Gasteiger partial charge in [-0.3, -0.25) is 0 Å². The summed E-state index contributed by atoms with van der Waals surface area (Å²) < 4.78 is 14.0. The molecule has 0 fully saturated rings. The number of nitrogens with two attached hydrogens (primary N) is 1. The second-order valence-corrected chi connectivity index (χ2v) is 5.15. The highest BCUT2D eigenvalue weighted by atomic mass is 19.1. The smallest absolute Gasteiger partial charge is 0.146 e. The third kappa shape index (κ3) is 4.27. The van der Waals surface area contributed by atoms with Gasteiger partial charge in [-0.25, -0.2) is 4.39 Å². The number of likely N-dealkylation sites (N-methyl/N-ethyl adjacent to an activating group) is 2. The molecular formula is C14H24FN3. The van der Waals surface area contributed by atoms with Gasteiger partial charge in [0.15, 0.2) is 0 Å². The summed E-state index contributed by atoms with van der Waals surface area (Å²) in [7, 11) is 5.95. The van der Waals surface area contributed by atoms with E-state index in [-0.39, 0.29) is 11.9 Å². The average Bonchev–Trinajstić information content (AvgIpc) is 2.25. The fourth-order valence-corrected chi connectivity index (χ4v) is 1.96. The third-order valence-electron chi connectivity index (χ3n) is 2.88. The largest absolute Gasteiger partial charge is 0.371 e. The minimum Gasteiger partial charge on any atom is -0.371 e. The summed E-state index contributed by atoms with van der Waals surface area (Å²) in [6.07, 6.45) is 0.694. The second kappa shape index (κ2) is 6.71. The summed E-state index contributed by atoms with van der Waals surface area (Å²) in [4.78, 5) is 4.05. The second-order valence-electron chi connectivity index (χ2n) is 5.15. The molecule has 18 heavy (non-hydrogen) atoms. The molecule has 4 heteroatoms. The SMILES string of the molecule is CC(N)Cc1cccc(F)c1N(C)CCN(C)C. The van der Waals surface area contributed by atoms with Crippen LogP contribution in [0.2, 0.25) is 0 Å². The molecule has 0 bridgehead atoms. The van der Waals surface area contributed by atoms with E-state index in [1.54, 1.807) is 6.07 Å². The molecule has 0 amide bonds. The van der Waals surface area contributed by atoms with E-state index in [1.807, 2.05) is 39.0 Å². The Morgan fingerprint density at radius 1 is 1.22 bits per heavy atom. The minimum atomic E-state index is -0.172. The Hall–Kier alpha value is -1.13. The monoisotopic (exact) mass is 253 g/mol. The molecule has 1 rings (SSSR count). The molecule has 0 spiro atoms. The molecule has 0 aromatic heterocycles. The molecule has 0 heterocycles. The summed E-state index contributed by atoms with van der Waals surface area (Å²) in [5.74, 6) is -0.172. The van der Waals surface area contributed by atoms with Crippen LogP contribution >= 0.6 is 0 Å². The van der Waals surface area contributed by atoms with Gasteiger partial charge in [-0.1, -0.05) is 12.1 Å². The van der Waals surface area contributed by atoms with E-state index in [0.717, 1.165) is 18.7 Å². The number of para-hydroxylation sites is 1. The van der Waals surface area contributed by atoms with Gasteiger partial charge in [-0.15, -0.1) is 0 Å². The average molecular weight is 253 g/mol. The zero-order valence-corrected chi connectivity index (χ0v) is 11.8. The quantitative estimate of drug-likeness (QED) is 0.838. The molecule has 0 aliphatic carbocycles. The molecule has 1 aromatic rings. The number of anilines is 1. The first-order valence-corrected chi connectivity index (χ1v) is 6.30. The first-order chi connectivity index (χ1) is 8.41. The molecule has 0 radical (unpaired) electrons. The van der Waals surface area contributed by atoms with Crippen molar-refractivity contribution in [2.24, 2.45) is 5.73 Å². The van der Waals surface area contributed by atoms with E-state index in [9.17, 15) is 4.39 Å². The van der Waals surface area contributed by atoms with Crippen molar-refractivity contribution in [3.05, 3.63) is 29.6 Å². The molecule has 102 valence electrons. The fourth-order valence-electron chi connectivity index (χ4n) is 1.96. The van der Waals surface area contributed by atoms with Crippen molar-refractivity contribution in [2.45, 2.75) is 19.4 Å². The zero-order chi connectivity index (χ0) is 13.7. The van der Waals surface area contributed by atoms with Crippen LogP contribution in [0.5, 0.6) is 0 Å². The van der Waals surface area contributed by atoms with Gasteiger partial charge < -0.3 is 15.5 Å². The van der Waals surface area contributed by atoms with Crippen molar-refractivity contribution in [3.8, 4) is 0 Å². The van der Waals surface area contributed by atoms with Crippen LogP contribution in [-0.4, -0.2) is 45.2 Å². The Morgan fingerprint density at radius 3 is 2.44 bits per heavy atom. The lowest BCUT2D eigenvalue weighted by molar-refractivity contribution is 0.415.